The molecule has 4 nitrogen and oxygen atoms in total. The summed E-state index contributed by atoms with van der Waals surface area (Å²) in [6.45, 7) is 3.18. The second-order valence-corrected chi connectivity index (χ2v) is 8.39. The van der Waals surface area contributed by atoms with Gasteiger partial charge in [-0.2, -0.15) is 5.26 Å². The molecule has 0 spiro atoms. The smallest absolute Gasteiger partial charge is 0.214 e. The van der Waals surface area contributed by atoms with E-state index in [0.29, 0.717) is 31.4 Å². The predicted molar refractivity (Wildman–Crippen MR) is 131 cm³/mol. The lowest BCUT2D eigenvalue weighted by molar-refractivity contribution is 0.294. The molecule has 4 aromatic rings. The maximum atomic E-state index is 8.72. The normalized spacial score (nSPS) is 11.6. The molecule has 33 heavy (non-hydrogen) atoms. The minimum absolute atomic E-state index is 0.473. The molecular weight excluding hydrogens is 408 g/mol. The van der Waals surface area contributed by atoms with E-state index in [-0.39, 0.29) is 0 Å². The van der Waals surface area contributed by atoms with Crippen molar-refractivity contribution in [3.8, 4) is 17.7 Å². The van der Waals surface area contributed by atoms with Gasteiger partial charge in [-0.25, -0.2) is 4.98 Å². The third-order valence-electron chi connectivity index (χ3n) is 5.64. The number of hydrogen-bond acceptors (Lipinski definition) is 4. The molecule has 166 valence electrons. The first-order chi connectivity index (χ1) is 16.2. The number of pyridine rings is 1. The van der Waals surface area contributed by atoms with Gasteiger partial charge >= 0.3 is 0 Å². The highest BCUT2D eigenvalue weighted by Gasteiger charge is 2.05. The van der Waals surface area contributed by atoms with Crippen molar-refractivity contribution in [1.82, 2.24) is 4.98 Å². The van der Waals surface area contributed by atoms with E-state index in [4.69, 9.17) is 14.7 Å². The number of hydrogen-bond donors (Lipinski definition) is 0. The summed E-state index contributed by atoms with van der Waals surface area (Å²) < 4.78 is 11.8. The average Bonchev–Trinajstić information content (AvgIpc) is 2.86. The summed E-state index contributed by atoms with van der Waals surface area (Å²) in [6, 6.07) is 30.7. The average molecular weight is 437 g/mol. The Morgan fingerprint density at radius 3 is 2.18 bits per heavy atom. The van der Waals surface area contributed by atoms with Gasteiger partial charge in [-0.05, 0) is 59.7 Å². The van der Waals surface area contributed by atoms with Gasteiger partial charge in [0.2, 0.25) is 5.88 Å². The topological polar surface area (TPSA) is 55.1 Å². The fraction of sp³-hybridized carbons (Fsp3) is 0.241. The first-order valence-electron chi connectivity index (χ1n) is 11.3. The van der Waals surface area contributed by atoms with Crippen LogP contribution in [0.1, 0.15) is 36.5 Å². The van der Waals surface area contributed by atoms with Crippen molar-refractivity contribution in [1.29, 1.82) is 5.26 Å². The van der Waals surface area contributed by atoms with Crippen molar-refractivity contribution in [2.45, 2.75) is 39.4 Å². The maximum Gasteiger partial charge on any atom is 0.214 e. The van der Waals surface area contributed by atoms with E-state index in [1.165, 1.54) is 5.56 Å². The molecule has 1 atom stereocenters. The summed E-state index contributed by atoms with van der Waals surface area (Å²) in [4.78, 5) is 4.55. The van der Waals surface area contributed by atoms with E-state index < -0.39 is 0 Å². The lowest BCUT2D eigenvalue weighted by atomic mass is 9.97. The van der Waals surface area contributed by atoms with E-state index >= 15 is 0 Å². The third kappa shape index (κ3) is 6.57. The molecule has 0 amide bonds. The number of fused-ring (bicyclic) bond motifs is 1. The Bertz CT molecular complexity index is 1210. The first-order valence-corrected chi connectivity index (χ1v) is 11.3. The fourth-order valence-electron chi connectivity index (χ4n) is 3.72. The molecule has 0 N–H and O–H groups in total. The number of nitriles is 1. The van der Waals surface area contributed by atoms with Crippen LogP contribution in [0, 0.1) is 17.2 Å². The van der Waals surface area contributed by atoms with Crippen LogP contribution < -0.4 is 9.47 Å². The summed E-state index contributed by atoms with van der Waals surface area (Å²) in [5.74, 6) is 2.00. The van der Waals surface area contributed by atoms with Gasteiger partial charge in [0.05, 0.1) is 11.6 Å². The van der Waals surface area contributed by atoms with Crippen LogP contribution in [0.15, 0.2) is 84.9 Å². The Labute approximate surface area is 195 Å². The standard InChI is InChI=1S/C29H28N2O2/c1-22(5-4-18-30)19-23-12-15-27(16-13-23)32-20-24-8-10-25(11-9-24)21-33-29-17-14-26-6-2-3-7-28(26)31-29/h2-3,6-17,22H,4-5,19-21H2,1H3. The predicted octanol–water partition coefficient (Wildman–Crippen LogP) is 6.88. The van der Waals surface area contributed by atoms with Crippen molar-refractivity contribution in [2.24, 2.45) is 5.92 Å². The van der Waals surface area contributed by atoms with Gasteiger partial charge in [0.25, 0.3) is 0 Å². The number of aromatic nitrogens is 1. The highest BCUT2D eigenvalue weighted by atomic mass is 16.5. The Hall–Kier alpha value is -3.84. The Morgan fingerprint density at radius 1 is 0.788 bits per heavy atom. The summed E-state index contributed by atoms with van der Waals surface area (Å²) >= 11 is 0. The second kappa shape index (κ2) is 11.2. The first kappa shape index (κ1) is 22.4. The summed E-state index contributed by atoms with van der Waals surface area (Å²) in [6.07, 6.45) is 2.54. The van der Waals surface area contributed by atoms with Gasteiger partial charge in [0.1, 0.15) is 19.0 Å². The lowest BCUT2D eigenvalue weighted by Gasteiger charge is -2.11. The molecule has 0 aliphatic rings. The summed E-state index contributed by atoms with van der Waals surface area (Å²) in [7, 11) is 0. The molecule has 1 heterocycles. The van der Waals surface area contributed by atoms with Crippen molar-refractivity contribution < 1.29 is 9.47 Å². The van der Waals surface area contributed by atoms with Crippen LogP contribution in [0.5, 0.6) is 11.6 Å². The molecule has 1 unspecified atom stereocenters. The quantitative estimate of drug-likeness (QED) is 0.272. The van der Waals surface area contributed by atoms with E-state index in [9.17, 15) is 0 Å². The van der Waals surface area contributed by atoms with Crippen LogP contribution in [-0.2, 0) is 19.6 Å². The molecule has 0 aliphatic heterocycles. The molecule has 3 aromatic carbocycles. The van der Waals surface area contributed by atoms with Crippen LogP contribution in [0.2, 0.25) is 0 Å². The van der Waals surface area contributed by atoms with Crippen LogP contribution in [-0.4, -0.2) is 4.98 Å². The van der Waals surface area contributed by atoms with E-state index in [2.05, 4.69) is 54.4 Å². The Kier molecular flexibility index (Phi) is 7.56. The molecule has 0 bridgehead atoms. The van der Waals surface area contributed by atoms with Crippen LogP contribution in [0.3, 0.4) is 0 Å². The molecule has 0 saturated heterocycles. The molecule has 0 fully saturated rings. The van der Waals surface area contributed by atoms with Crippen molar-refractivity contribution >= 4 is 10.9 Å². The van der Waals surface area contributed by atoms with Gasteiger partial charge < -0.3 is 9.47 Å². The fourth-order valence-corrected chi connectivity index (χ4v) is 3.72. The van der Waals surface area contributed by atoms with Crippen molar-refractivity contribution in [3.05, 3.63) is 102 Å². The van der Waals surface area contributed by atoms with Crippen LogP contribution >= 0.6 is 0 Å². The molecule has 4 rings (SSSR count). The lowest BCUT2D eigenvalue weighted by Crippen LogP contribution is -2.00. The summed E-state index contributed by atoms with van der Waals surface area (Å²) in [5.41, 5.74) is 4.41. The largest absolute Gasteiger partial charge is 0.489 e. The van der Waals surface area contributed by atoms with Gasteiger partial charge in [-0.1, -0.05) is 61.5 Å². The number of benzene rings is 3. The third-order valence-corrected chi connectivity index (χ3v) is 5.64. The van der Waals surface area contributed by atoms with Crippen molar-refractivity contribution in [2.75, 3.05) is 0 Å². The molecule has 1 aromatic heterocycles. The highest BCUT2D eigenvalue weighted by Crippen LogP contribution is 2.20. The Balaban J connectivity index is 1.25. The highest BCUT2D eigenvalue weighted by molar-refractivity contribution is 5.78. The van der Waals surface area contributed by atoms with Crippen LogP contribution in [0.4, 0.5) is 0 Å². The van der Waals surface area contributed by atoms with Crippen LogP contribution in [0.25, 0.3) is 10.9 Å². The van der Waals surface area contributed by atoms with E-state index in [0.717, 1.165) is 40.6 Å². The molecule has 0 saturated carbocycles. The van der Waals surface area contributed by atoms with Crippen molar-refractivity contribution in [3.63, 3.8) is 0 Å². The number of ether oxygens (including phenoxy) is 2. The monoisotopic (exact) mass is 436 g/mol. The molecular formula is C29H28N2O2. The number of nitrogens with zero attached hydrogens (tertiary/aromatic N) is 2. The van der Waals surface area contributed by atoms with Gasteiger partial charge in [-0.3, -0.25) is 0 Å². The maximum absolute atomic E-state index is 8.72. The summed E-state index contributed by atoms with van der Waals surface area (Å²) in [5, 5.41) is 9.82. The van der Waals surface area contributed by atoms with Gasteiger partial charge in [-0.15, -0.1) is 0 Å². The Morgan fingerprint density at radius 2 is 1.45 bits per heavy atom. The minimum atomic E-state index is 0.473. The minimum Gasteiger partial charge on any atom is -0.489 e. The number of para-hydroxylation sites is 1. The van der Waals surface area contributed by atoms with E-state index in [1.54, 1.807) is 0 Å². The zero-order chi connectivity index (χ0) is 22.9. The second-order valence-electron chi connectivity index (χ2n) is 8.39. The molecule has 0 aliphatic carbocycles. The zero-order valence-corrected chi connectivity index (χ0v) is 18.9. The molecule has 4 heteroatoms. The zero-order valence-electron chi connectivity index (χ0n) is 18.9. The van der Waals surface area contributed by atoms with Gasteiger partial charge in [0.15, 0.2) is 0 Å². The van der Waals surface area contributed by atoms with Gasteiger partial charge in [0, 0.05) is 17.9 Å². The number of rotatable bonds is 10. The SMILES string of the molecule is CC(CCC#N)Cc1ccc(OCc2ccc(COc3ccc4ccccc4n3)cc2)cc1. The molecule has 0 radical (unpaired) electrons. The van der Waals surface area contributed by atoms with E-state index in [1.807, 2.05) is 48.5 Å².